The van der Waals surface area contributed by atoms with Crippen molar-refractivity contribution in [3.63, 3.8) is 0 Å². The average molecular weight is 555 g/mol. The number of unbranched alkanes of at least 4 members (excludes halogenated alkanes) is 9. The summed E-state index contributed by atoms with van der Waals surface area (Å²) in [6, 6.07) is 19.1. The highest BCUT2D eigenvalue weighted by atomic mass is 32.2. The lowest BCUT2D eigenvalue weighted by atomic mass is 10.0. The molecule has 7 heteroatoms. The second-order valence-electron chi connectivity index (χ2n) is 9.66. The van der Waals surface area contributed by atoms with Gasteiger partial charge in [0, 0.05) is 4.90 Å². The number of fused-ring (bicyclic) bond motifs is 2. The van der Waals surface area contributed by atoms with Gasteiger partial charge in [-0.25, -0.2) is 0 Å². The van der Waals surface area contributed by atoms with E-state index in [1.54, 1.807) is 36.4 Å². The molecular formula is C31H38O5S2. The van der Waals surface area contributed by atoms with Gasteiger partial charge in [-0.05, 0) is 60.9 Å². The Bertz CT molecular complexity index is 1460. The van der Waals surface area contributed by atoms with Crippen LogP contribution >= 0.6 is 12.6 Å². The lowest BCUT2D eigenvalue weighted by Crippen LogP contribution is -2.01. The Morgan fingerprint density at radius 1 is 0.737 bits per heavy atom. The van der Waals surface area contributed by atoms with E-state index < -0.39 is 10.1 Å². The maximum absolute atomic E-state index is 12.1. The van der Waals surface area contributed by atoms with Crippen LogP contribution in [0.2, 0.25) is 0 Å². The first-order chi connectivity index (χ1) is 18.3. The molecule has 0 saturated carbocycles. The van der Waals surface area contributed by atoms with Crippen LogP contribution in [0.15, 0.2) is 85.7 Å². The van der Waals surface area contributed by atoms with E-state index in [4.69, 9.17) is 8.97 Å². The Balaban J connectivity index is 0.000000219. The number of benzene rings is 3. The number of para-hydroxylation sites is 1. The molecule has 3 aromatic carbocycles. The molecule has 4 rings (SSSR count). The van der Waals surface area contributed by atoms with Crippen LogP contribution in [0.25, 0.3) is 21.9 Å². The normalized spacial score (nSPS) is 11.4. The smallest absolute Gasteiger partial charge is 0.294 e. The second-order valence-corrected chi connectivity index (χ2v) is 11.6. The minimum atomic E-state index is -4.06. The van der Waals surface area contributed by atoms with E-state index in [9.17, 15) is 13.2 Å². The van der Waals surface area contributed by atoms with Crippen molar-refractivity contribution in [3.8, 4) is 0 Å². The van der Waals surface area contributed by atoms with Crippen LogP contribution in [-0.4, -0.2) is 13.0 Å². The van der Waals surface area contributed by atoms with Crippen LogP contribution in [-0.2, 0) is 16.5 Å². The third-order valence-electron chi connectivity index (χ3n) is 6.60. The van der Waals surface area contributed by atoms with Gasteiger partial charge in [-0.2, -0.15) is 8.42 Å². The lowest BCUT2D eigenvalue weighted by Gasteiger charge is -2.04. The van der Waals surface area contributed by atoms with Crippen molar-refractivity contribution in [2.75, 3.05) is 0 Å². The minimum absolute atomic E-state index is 0.00671. The summed E-state index contributed by atoms with van der Waals surface area (Å²) in [7, 11) is -4.06. The minimum Gasteiger partial charge on any atom is -0.456 e. The fourth-order valence-electron chi connectivity index (χ4n) is 4.44. The number of aryl methyl sites for hydroxylation is 1. The van der Waals surface area contributed by atoms with E-state index in [-0.39, 0.29) is 10.3 Å². The highest BCUT2D eigenvalue weighted by Gasteiger charge is 2.08. The molecule has 0 amide bonds. The third-order valence-corrected chi connectivity index (χ3v) is 7.75. The van der Waals surface area contributed by atoms with Crippen molar-refractivity contribution in [3.05, 3.63) is 82.5 Å². The maximum atomic E-state index is 12.1. The van der Waals surface area contributed by atoms with E-state index in [2.05, 4.69) is 19.6 Å². The molecule has 0 saturated heterocycles. The summed E-state index contributed by atoms with van der Waals surface area (Å²) in [6.07, 6.45) is 14.1. The van der Waals surface area contributed by atoms with Gasteiger partial charge in [0.15, 0.2) is 0 Å². The molecule has 0 atom stereocenters. The molecule has 204 valence electrons. The zero-order chi connectivity index (χ0) is 27.4. The summed E-state index contributed by atoms with van der Waals surface area (Å²) in [5.74, 6) is 0. The van der Waals surface area contributed by atoms with E-state index >= 15 is 0 Å². The number of rotatable bonds is 12. The molecule has 0 aliphatic heterocycles. The number of thiol groups is 1. The Kier molecular flexibility index (Phi) is 11.9. The van der Waals surface area contributed by atoms with Gasteiger partial charge in [0.2, 0.25) is 5.43 Å². The maximum Gasteiger partial charge on any atom is 0.294 e. The van der Waals surface area contributed by atoms with Gasteiger partial charge < -0.3 is 4.42 Å². The Hall–Kier alpha value is -2.61. The Morgan fingerprint density at radius 3 is 1.95 bits per heavy atom. The molecule has 0 bridgehead atoms. The van der Waals surface area contributed by atoms with Gasteiger partial charge >= 0.3 is 0 Å². The van der Waals surface area contributed by atoms with Gasteiger partial charge in [0.05, 0.1) is 15.7 Å². The van der Waals surface area contributed by atoms with E-state index in [0.717, 1.165) is 23.3 Å². The standard InChI is InChI=1S/C18H30O3S.C13H8O2S/c1-2-3-4-5-6-7-8-9-10-11-12-17-13-15-18(16-14-17)22(19,20)21;14-13-9-3-1-2-4-11(9)15-12-6-5-8(16)7-10(12)13/h13-16H,2-12H2,1H3,(H,19,20,21);1-7,16H. The number of hydrogen-bond donors (Lipinski definition) is 2. The quantitative estimate of drug-likeness (QED) is 0.0792. The van der Waals surface area contributed by atoms with Gasteiger partial charge in [0.25, 0.3) is 10.1 Å². The van der Waals surface area contributed by atoms with E-state index in [1.807, 2.05) is 18.2 Å². The summed E-state index contributed by atoms with van der Waals surface area (Å²) in [4.78, 5) is 12.9. The third kappa shape index (κ3) is 9.29. The van der Waals surface area contributed by atoms with Crippen LogP contribution in [0.1, 0.15) is 76.7 Å². The van der Waals surface area contributed by atoms with Crippen LogP contribution in [0.5, 0.6) is 0 Å². The van der Waals surface area contributed by atoms with Crippen molar-refractivity contribution in [1.82, 2.24) is 0 Å². The molecule has 0 aliphatic carbocycles. The zero-order valence-electron chi connectivity index (χ0n) is 22.1. The molecule has 0 radical (unpaired) electrons. The van der Waals surface area contributed by atoms with Crippen molar-refractivity contribution in [2.45, 2.75) is 87.3 Å². The fraction of sp³-hybridized carbons (Fsp3) is 0.387. The van der Waals surface area contributed by atoms with Gasteiger partial charge in [-0.3, -0.25) is 9.35 Å². The molecule has 0 unspecified atom stereocenters. The van der Waals surface area contributed by atoms with Gasteiger partial charge in [0.1, 0.15) is 11.2 Å². The summed E-state index contributed by atoms with van der Waals surface area (Å²) in [5.41, 5.74) is 2.34. The number of hydrogen-bond acceptors (Lipinski definition) is 5. The van der Waals surface area contributed by atoms with E-state index in [1.165, 1.54) is 69.9 Å². The summed E-state index contributed by atoms with van der Waals surface area (Å²) in [5, 5.41) is 1.18. The second kappa shape index (κ2) is 15.1. The molecule has 4 aromatic rings. The van der Waals surface area contributed by atoms with Crippen LogP contribution < -0.4 is 5.43 Å². The predicted octanol–water partition coefficient (Wildman–Crippen LogP) is 8.63. The van der Waals surface area contributed by atoms with Crippen molar-refractivity contribution >= 4 is 44.7 Å². The molecule has 0 aliphatic rings. The van der Waals surface area contributed by atoms with Gasteiger partial charge in [-0.15, -0.1) is 12.6 Å². The first-order valence-electron chi connectivity index (χ1n) is 13.5. The highest BCUT2D eigenvalue weighted by Crippen LogP contribution is 2.20. The average Bonchev–Trinajstić information content (AvgIpc) is 2.90. The SMILES string of the molecule is CCCCCCCCCCCCc1ccc(S(=O)(=O)O)cc1.O=c1c2ccccc2oc2ccc(S)cc12. The van der Waals surface area contributed by atoms with Gasteiger partial charge in [-0.1, -0.05) is 89.0 Å². The highest BCUT2D eigenvalue weighted by molar-refractivity contribution is 7.85. The fourth-order valence-corrected chi connectivity index (χ4v) is 5.12. The molecule has 0 fully saturated rings. The predicted molar refractivity (Wildman–Crippen MR) is 159 cm³/mol. The molecule has 1 N–H and O–H groups in total. The van der Waals surface area contributed by atoms with E-state index in [0.29, 0.717) is 21.9 Å². The molecule has 5 nitrogen and oxygen atoms in total. The topological polar surface area (TPSA) is 84.6 Å². The summed E-state index contributed by atoms with van der Waals surface area (Å²) in [6.45, 7) is 2.25. The molecule has 1 aromatic heterocycles. The van der Waals surface area contributed by atoms with Crippen molar-refractivity contribution in [2.24, 2.45) is 0 Å². The summed E-state index contributed by atoms with van der Waals surface area (Å²) < 4.78 is 36.5. The van der Waals surface area contributed by atoms with Crippen molar-refractivity contribution < 1.29 is 17.4 Å². The van der Waals surface area contributed by atoms with Crippen LogP contribution in [0.3, 0.4) is 0 Å². The Labute approximate surface area is 231 Å². The lowest BCUT2D eigenvalue weighted by molar-refractivity contribution is 0.483. The van der Waals surface area contributed by atoms with Crippen LogP contribution in [0, 0.1) is 0 Å². The molecule has 38 heavy (non-hydrogen) atoms. The van der Waals surface area contributed by atoms with Crippen molar-refractivity contribution in [1.29, 1.82) is 0 Å². The Morgan fingerprint density at radius 2 is 1.32 bits per heavy atom. The molecular weight excluding hydrogens is 516 g/mol. The molecule has 0 spiro atoms. The first kappa shape index (κ1) is 29.9. The molecule has 1 heterocycles. The first-order valence-corrected chi connectivity index (χ1v) is 15.4. The largest absolute Gasteiger partial charge is 0.456 e. The zero-order valence-corrected chi connectivity index (χ0v) is 23.8. The monoisotopic (exact) mass is 554 g/mol. The summed E-state index contributed by atoms with van der Waals surface area (Å²) >= 11 is 4.22. The van der Waals surface area contributed by atoms with Crippen LogP contribution in [0.4, 0.5) is 0 Å².